The van der Waals surface area contributed by atoms with E-state index in [0.717, 1.165) is 0 Å². The summed E-state index contributed by atoms with van der Waals surface area (Å²) in [4.78, 5) is 42.1. The predicted molar refractivity (Wildman–Crippen MR) is 90.6 cm³/mol. The molecule has 2 heterocycles. The van der Waals surface area contributed by atoms with Crippen molar-refractivity contribution < 1.29 is 14.3 Å². The molecule has 1 aromatic carbocycles. The van der Waals surface area contributed by atoms with Crippen LogP contribution in [-0.2, 0) is 11.8 Å². The van der Waals surface area contributed by atoms with Gasteiger partial charge in [0.05, 0.1) is 13.2 Å². The molecular formula is C17H18N4O4. The second-order valence-electron chi connectivity index (χ2n) is 5.63. The number of hydrogen-bond acceptors (Lipinski definition) is 5. The van der Waals surface area contributed by atoms with Gasteiger partial charge in [0.25, 0.3) is 17.4 Å². The number of ether oxygens (including phenoxy) is 1. The Kier molecular flexibility index (Phi) is 4.90. The average Bonchev–Trinajstić information content (AvgIpc) is 2.65. The summed E-state index contributed by atoms with van der Waals surface area (Å²) in [5.74, 6) is -0.585. The van der Waals surface area contributed by atoms with Crippen molar-refractivity contribution >= 4 is 17.6 Å². The van der Waals surface area contributed by atoms with E-state index in [1.807, 2.05) is 0 Å². The van der Waals surface area contributed by atoms with Crippen molar-refractivity contribution in [3.63, 3.8) is 0 Å². The molecule has 0 bridgehead atoms. The zero-order valence-corrected chi connectivity index (χ0v) is 13.8. The van der Waals surface area contributed by atoms with E-state index in [0.29, 0.717) is 37.4 Å². The van der Waals surface area contributed by atoms with Crippen LogP contribution < -0.4 is 10.9 Å². The fourth-order valence-corrected chi connectivity index (χ4v) is 2.48. The molecule has 1 aliphatic heterocycles. The molecule has 2 amide bonds. The summed E-state index contributed by atoms with van der Waals surface area (Å²) in [6, 6.07) is 6.30. The maximum Gasteiger partial charge on any atom is 0.293 e. The van der Waals surface area contributed by atoms with Gasteiger partial charge in [0.15, 0.2) is 5.82 Å². The molecule has 8 heteroatoms. The summed E-state index contributed by atoms with van der Waals surface area (Å²) in [5.41, 5.74) is 0.452. The van der Waals surface area contributed by atoms with Crippen LogP contribution in [0.2, 0.25) is 0 Å². The van der Waals surface area contributed by atoms with Gasteiger partial charge in [-0.15, -0.1) is 0 Å². The number of morpholine rings is 1. The van der Waals surface area contributed by atoms with Crippen LogP contribution in [-0.4, -0.2) is 52.6 Å². The Balaban J connectivity index is 1.71. The van der Waals surface area contributed by atoms with Gasteiger partial charge in [0.1, 0.15) is 0 Å². The van der Waals surface area contributed by atoms with Crippen LogP contribution in [0.5, 0.6) is 0 Å². The molecule has 2 aromatic rings. The quantitative estimate of drug-likeness (QED) is 0.877. The highest BCUT2D eigenvalue weighted by Crippen LogP contribution is 2.10. The van der Waals surface area contributed by atoms with Gasteiger partial charge in [-0.05, 0) is 24.3 Å². The third-order valence-corrected chi connectivity index (χ3v) is 3.94. The molecule has 1 aromatic heterocycles. The molecule has 1 saturated heterocycles. The molecule has 1 aliphatic rings. The highest BCUT2D eigenvalue weighted by molar-refractivity contribution is 6.04. The number of carbonyl (C=O) groups is 2. The Bertz CT molecular complexity index is 838. The van der Waals surface area contributed by atoms with E-state index >= 15 is 0 Å². The Morgan fingerprint density at radius 3 is 2.44 bits per heavy atom. The zero-order chi connectivity index (χ0) is 17.8. The van der Waals surface area contributed by atoms with Crippen LogP contribution in [0, 0.1) is 0 Å². The maximum atomic E-state index is 12.4. The van der Waals surface area contributed by atoms with Crippen molar-refractivity contribution in [2.45, 2.75) is 0 Å². The van der Waals surface area contributed by atoms with Crippen LogP contribution in [0.3, 0.4) is 0 Å². The molecule has 0 aliphatic carbocycles. The molecule has 0 unspecified atom stereocenters. The lowest BCUT2D eigenvalue weighted by Crippen LogP contribution is -2.40. The Morgan fingerprint density at radius 1 is 1.12 bits per heavy atom. The highest BCUT2D eigenvalue weighted by Gasteiger charge is 2.19. The summed E-state index contributed by atoms with van der Waals surface area (Å²) >= 11 is 0. The number of nitrogens with one attached hydrogen (secondary N) is 1. The number of hydrogen-bond donors (Lipinski definition) is 1. The van der Waals surface area contributed by atoms with Crippen molar-refractivity contribution in [1.29, 1.82) is 0 Å². The van der Waals surface area contributed by atoms with Crippen molar-refractivity contribution in [3.8, 4) is 0 Å². The predicted octanol–water partition coefficient (Wildman–Crippen LogP) is 0.505. The zero-order valence-electron chi connectivity index (χ0n) is 13.8. The normalized spacial score (nSPS) is 14.2. The van der Waals surface area contributed by atoms with Gasteiger partial charge in [-0.3, -0.25) is 14.4 Å². The number of anilines is 1. The topological polar surface area (TPSA) is 93.5 Å². The van der Waals surface area contributed by atoms with Gasteiger partial charge >= 0.3 is 0 Å². The molecule has 8 nitrogen and oxygen atoms in total. The van der Waals surface area contributed by atoms with E-state index in [4.69, 9.17) is 4.74 Å². The average molecular weight is 342 g/mol. The summed E-state index contributed by atoms with van der Waals surface area (Å²) < 4.78 is 6.56. The van der Waals surface area contributed by atoms with Gasteiger partial charge in [-0.25, -0.2) is 4.98 Å². The Labute approximate surface area is 144 Å². The van der Waals surface area contributed by atoms with Crippen molar-refractivity contribution in [2.75, 3.05) is 31.6 Å². The van der Waals surface area contributed by atoms with Crippen LogP contribution in [0.4, 0.5) is 5.82 Å². The number of aromatic nitrogens is 2. The number of rotatable bonds is 3. The van der Waals surface area contributed by atoms with Crippen LogP contribution in [0.15, 0.2) is 41.5 Å². The fourth-order valence-electron chi connectivity index (χ4n) is 2.48. The minimum absolute atomic E-state index is 0.0385. The van der Waals surface area contributed by atoms with Gasteiger partial charge < -0.3 is 19.5 Å². The van der Waals surface area contributed by atoms with E-state index < -0.39 is 11.5 Å². The molecule has 0 radical (unpaired) electrons. The van der Waals surface area contributed by atoms with Gasteiger partial charge in [-0.2, -0.15) is 0 Å². The van der Waals surface area contributed by atoms with E-state index in [9.17, 15) is 14.4 Å². The van der Waals surface area contributed by atoms with E-state index in [2.05, 4.69) is 10.3 Å². The van der Waals surface area contributed by atoms with E-state index in [1.165, 1.54) is 17.0 Å². The molecule has 1 N–H and O–H groups in total. The molecule has 0 spiro atoms. The van der Waals surface area contributed by atoms with Gasteiger partial charge in [0.2, 0.25) is 0 Å². The van der Waals surface area contributed by atoms with Crippen molar-refractivity contribution in [3.05, 3.63) is 58.1 Å². The SMILES string of the molecule is Cn1ccnc(NC(=O)c2ccc(C(=O)N3CCOCC3)cc2)c1=O. The third kappa shape index (κ3) is 3.74. The summed E-state index contributed by atoms with van der Waals surface area (Å²) in [7, 11) is 1.58. The lowest BCUT2D eigenvalue weighted by atomic mass is 10.1. The first-order valence-corrected chi connectivity index (χ1v) is 7.86. The molecule has 0 saturated carbocycles. The van der Waals surface area contributed by atoms with Gasteiger partial charge in [-0.1, -0.05) is 0 Å². The molecule has 130 valence electrons. The molecule has 1 fully saturated rings. The standard InChI is InChI=1S/C17H18N4O4/c1-20-7-6-18-14(17(20)24)19-15(22)12-2-4-13(5-3-12)16(23)21-8-10-25-11-9-21/h2-7H,8-11H2,1H3,(H,18,19,22). The first-order chi connectivity index (χ1) is 12.1. The molecule has 0 atom stereocenters. The lowest BCUT2D eigenvalue weighted by Gasteiger charge is -2.26. The van der Waals surface area contributed by atoms with Gasteiger partial charge in [0, 0.05) is 43.7 Å². The second-order valence-corrected chi connectivity index (χ2v) is 5.63. The summed E-state index contributed by atoms with van der Waals surface area (Å²) in [6.45, 7) is 2.19. The maximum absolute atomic E-state index is 12.4. The summed E-state index contributed by atoms with van der Waals surface area (Å²) in [6.07, 6.45) is 2.94. The minimum Gasteiger partial charge on any atom is -0.378 e. The largest absolute Gasteiger partial charge is 0.378 e. The number of amides is 2. The smallest absolute Gasteiger partial charge is 0.293 e. The number of benzene rings is 1. The summed E-state index contributed by atoms with van der Waals surface area (Å²) in [5, 5.41) is 2.48. The number of carbonyl (C=O) groups excluding carboxylic acids is 2. The molecule has 25 heavy (non-hydrogen) atoms. The lowest BCUT2D eigenvalue weighted by molar-refractivity contribution is 0.0303. The fraction of sp³-hybridized carbons (Fsp3) is 0.294. The second kappa shape index (κ2) is 7.27. The van der Waals surface area contributed by atoms with Crippen LogP contribution >= 0.6 is 0 Å². The minimum atomic E-state index is -0.457. The first-order valence-electron chi connectivity index (χ1n) is 7.86. The van der Waals surface area contributed by atoms with Crippen LogP contribution in [0.25, 0.3) is 0 Å². The number of aryl methyl sites for hydroxylation is 1. The highest BCUT2D eigenvalue weighted by atomic mass is 16.5. The molecule has 3 rings (SSSR count). The number of nitrogens with zero attached hydrogens (tertiary/aromatic N) is 3. The van der Waals surface area contributed by atoms with Crippen LogP contribution in [0.1, 0.15) is 20.7 Å². The van der Waals surface area contributed by atoms with Crippen molar-refractivity contribution in [2.24, 2.45) is 7.05 Å². The first kappa shape index (κ1) is 16.8. The third-order valence-electron chi connectivity index (χ3n) is 3.94. The Morgan fingerprint density at radius 2 is 1.76 bits per heavy atom. The van der Waals surface area contributed by atoms with E-state index in [1.54, 1.807) is 36.2 Å². The molecular weight excluding hydrogens is 324 g/mol. The Hall–Kier alpha value is -3.00. The van der Waals surface area contributed by atoms with Crippen molar-refractivity contribution in [1.82, 2.24) is 14.5 Å². The monoisotopic (exact) mass is 342 g/mol. The van der Waals surface area contributed by atoms with E-state index in [-0.39, 0.29) is 11.7 Å².